The minimum atomic E-state index is -0.703. The van der Waals surface area contributed by atoms with Gasteiger partial charge in [0.05, 0.1) is 5.56 Å². The van der Waals surface area contributed by atoms with Crippen molar-refractivity contribution in [3.63, 3.8) is 0 Å². The fraction of sp³-hybridized carbons (Fsp3) is 0.320. The number of benzene rings is 3. The second kappa shape index (κ2) is 7.56. The SMILES string of the molecule is CCC(C)c1ccc(C(=O)OC(C)(C)c2ccc3cc(C)ccc3c2)cc1. The zero-order valence-corrected chi connectivity index (χ0v) is 16.9. The third-order valence-electron chi connectivity index (χ3n) is 5.37. The summed E-state index contributed by atoms with van der Waals surface area (Å²) < 4.78 is 5.87. The Morgan fingerprint density at radius 3 is 2.26 bits per heavy atom. The summed E-state index contributed by atoms with van der Waals surface area (Å²) in [6.45, 7) is 10.3. The van der Waals surface area contributed by atoms with E-state index in [1.807, 2.05) is 44.2 Å². The highest BCUT2D eigenvalue weighted by Gasteiger charge is 2.26. The lowest BCUT2D eigenvalue weighted by Gasteiger charge is -2.26. The summed E-state index contributed by atoms with van der Waals surface area (Å²) in [5.41, 5.74) is 3.36. The summed E-state index contributed by atoms with van der Waals surface area (Å²) in [5.74, 6) is 0.201. The van der Waals surface area contributed by atoms with Crippen molar-refractivity contribution in [1.29, 1.82) is 0 Å². The molecule has 1 atom stereocenters. The number of aryl methyl sites for hydroxylation is 1. The van der Waals surface area contributed by atoms with Crippen LogP contribution in [0.5, 0.6) is 0 Å². The van der Waals surface area contributed by atoms with Crippen molar-refractivity contribution >= 4 is 16.7 Å². The molecule has 0 aromatic heterocycles. The molecule has 2 nitrogen and oxygen atoms in total. The van der Waals surface area contributed by atoms with Crippen LogP contribution in [0.4, 0.5) is 0 Å². The fourth-order valence-corrected chi connectivity index (χ4v) is 3.27. The van der Waals surface area contributed by atoms with Crippen molar-refractivity contribution in [2.45, 2.75) is 52.6 Å². The van der Waals surface area contributed by atoms with Crippen molar-refractivity contribution in [3.8, 4) is 0 Å². The Morgan fingerprint density at radius 1 is 0.963 bits per heavy atom. The summed E-state index contributed by atoms with van der Waals surface area (Å²) >= 11 is 0. The summed E-state index contributed by atoms with van der Waals surface area (Å²) in [5, 5.41) is 2.35. The number of fused-ring (bicyclic) bond motifs is 1. The van der Waals surface area contributed by atoms with Gasteiger partial charge in [-0.25, -0.2) is 4.79 Å². The standard InChI is InChI=1S/C25H28O2/c1-6-18(3)19-9-11-20(12-10-19)24(26)27-25(4,5)23-14-13-21-15-17(2)7-8-22(21)16-23/h7-16,18H,6H2,1-5H3. The maximum absolute atomic E-state index is 12.7. The molecule has 0 N–H and O–H groups in total. The van der Waals surface area contributed by atoms with Crippen LogP contribution in [0.2, 0.25) is 0 Å². The first kappa shape index (κ1) is 19.2. The molecule has 0 saturated carbocycles. The molecular formula is C25H28O2. The smallest absolute Gasteiger partial charge is 0.338 e. The first-order valence-electron chi connectivity index (χ1n) is 9.64. The number of hydrogen-bond donors (Lipinski definition) is 0. The van der Waals surface area contributed by atoms with Gasteiger partial charge in [0.2, 0.25) is 0 Å². The van der Waals surface area contributed by atoms with E-state index in [9.17, 15) is 4.79 Å². The van der Waals surface area contributed by atoms with E-state index in [0.717, 1.165) is 17.4 Å². The third kappa shape index (κ3) is 4.21. The summed E-state index contributed by atoms with van der Waals surface area (Å²) in [6, 6.07) is 20.4. The number of esters is 1. The monoisotopic (exact) mass is 360 g/mol. The van der Waals surface area contributed by atoms with Gasteiger partial charge < -0.3 is 4.74 Å². The predicted octanol–water partition coefficient (Wildman–Crippen LogP) is 6.75. The van der Waals surface area contributed by atoms with Crippen LogP contribution >= 0.6 is 0 Å². The number of carbonyl (C=O) groups is 1. The largest absolute Gasteiger partial charge is 0.451 e. The molecule has 0 amide bonds. The van der Waals surface area contributed by atoms with Gasteiger partial charge in [-0.3, -0.25) is 0 Å². The highest BCUT2D eigenvalue weighted by atomic mass is 16.6. The van der Waals surface area contributed by atoms with Gasteiger partial charge in [-0.2, -0.15) is 0 Å². The van der Waals surface area contributed by atoms with Gasteiger partial charge in [-0.05, 0) is 73.2 Å². The molecule has 0 bridgehead atoms. The average molecular weight is 360 g/mol. The number of hydrogen-bond acceptors (Lipinski definition) is 2. The van der Waals surface area contributed by atoms with E-state index in [1.165, 1.54) is 16.5 Å². The molecule has 140 valence electrons. The van der Waals surface area contributed by atoms with Crippen molar-refractivity contribution < 1.29 is 9.53 Å². The maximum atomic E-state index is 12.7. The average Bonchev–Trinajstić information content (AvgIpc) is 2.66. The van der Waals surface area contributed by atoms with Crippen LogP contribution in [0.25, 0.3) is 10.8 Å². The maximum Gasteiger partial charge on any atom is 0.338 e. The summed E-state index contributed by atoms with van der Waals surface area (Å²) in [6.07, 6.45) is 1.08. The van der Waals surface area contributed by atoms with Gasteiger partial charge in [-0.15, -0.1) is 0 Å². The van der Waals surface area contributed by atoms with Crippen molar-refractivity contribution in [3.05, 3.63) is 82.9 Å². The van der Waals surface area contributed by atoms with E-state index in [-0.39, 0.29) is 5.97 Å². The molecule has 0 aliphatic rings. The van der Waals surface area contributed by atoms with E-state index in [4.69, 9.17) is 4.74 Å². The molecule has 0 heterocycles. The first-order chi connectivity index (χ1) is 12.8. The van der Waals surface area contributed by atoms with Crippen LogP contribution in [0.3, 0.4) is 0 Å². The van der Waals surface area contributed by atoms with Gasteiger partial charge in [0, 0.05) is 0 Å². The lowest BCUT2D eigenvalue weighted by atomic mass is 9.94. The molecule has 3 rings (SSSR count). The lowest BCUT2D eigenvalue weighted by Crippen LogP contribution is -2.25. The number of carbonyl (C=O) groups excluding carboxylic acids is 1. The van der Waals surface area contributed by atoms with Crippen LogP contribution in [-0.4, -0.2) is 5.97 Å². The van der Waals surface area contributed by atoms with Crippen LogP contribution < -0.4 is 0 Å². The second-order valence-electron chi connectivity index (χ2n) is 7.90. The Bertz CT molecular complexity index is 952. The highest BCUT2D eigenvalue weighted by Crippen LogP contribution is 2.29. The Kier molecular flexibility index (Phi) is 5.36. The Morgan fingerprint density at radius 2 is 1.59 bits per heavy atom. The van der Waals surface area contributed by atoms with Gasteiger partial charge in [0.25, 0.3) is 0 Å². The molecule has 0 fully saturated rings. The van der Waals surface area contributed by atoms with Gasteiger partial charge >= 0.3 is 5.97 Å². The van der Waals surface area contributed by atoms with E-state index in [0.29, 0.717) is 11.5 Å². The molecule has 0 radical (unpaired) electrons. The van der Waals surface area contributed by atoms with Gasteiger partial charge in [0.15, 0.2) is 0 Å². The molecule has 2 heteroatoms. The van der Waals surface area contributed by atoms with Crippen molar-refractivity contribution in [1.82, 2.24) is 0 Å². The topological polar surface area (TPSA) is 26.3 Å². The molecule has 0 spiro atoms. The minimum Gasteiger partial charge on any atom is -0.451 e. The van der Waals surface area contributed by atoms with Gasteiger partial charge in [-0.1, -0.05) is 61.9 Å². The quantitative estimate of drug-likeness (QED) is 0.470. The van der Waals surface area contributed by atoms with Crippen LogP contribution in [0.1, 0.15) is 67.1 Å². The normalized spacial score (nSPS) is 12.8. The summed E-state index contributed by atoms with van der Waals surface area (Å²) in [7, 11) is 0. The Balaban J connectivity index is 1.80. The zero-order valence-electron chi connectivity index (χ0n) is 16.9. The molecule has 3 aromatic rings. The van der Waals surface area contributed by atoms with Crippen LogP contribution in [0.15, 0.2) is 60.7 Å². The highest BCUT2D eigenvalue weighted by molar-refractivity contribution is 5.90. The minimum absolute atomic E-state index is 0.292. The summed E-state index contributed by atoms with van der Waals surface area (Å²) in [4.78, 5) is 12.7. The first-order valence-corrected chi connectivity index (χ1v) is 9.64. The second-order valence-corrected chi connectivity index (χ2v) is 7.90. The van der Waals surface area contributed by atoms with E-state index >= 15 is 0 Å². The van der Waals surface area contributed by atoms with E-state index in [1.54, 1.807) is 0 Å². The van der Waals surface area contributed by atoms with Gasteiger partial charge in [0.1, 0.15) is 5.60 Å². The molecule has 0 aliphatic carbocycles. The Labute approximate surface area is 162 Å². The molecule has 3 aromatic carbocycles. The Hall–Kier alpha value is -2.61. The number of ether oxygens (including phenoxy) is 1. The van der Waals surface area contributed by atoms with Crippen LogP contribution in [0, 0.1) is 6.92 Å². The van der Waals surface area contributed by atoms with Crippen molar-refractivity contribution in [2.75, 3.05) is 0 Å². The predicted molar refractivity (Wildman–Crippen MR) is 112 cm³/mol. The molecule has 0 aliphatic heterocycles. The third-order valence-corrected chi connectivity index (χ3v) is 5.37. The number of rotatable bonds is 5. The van der Waals surface area contributed by atoms with E-state index in [2.05, 4.69) is 51.1 Å². The van der Waals surface area contributed by atoms with E-state index < -0.39 is 5.60 Å². The molecule has 1 unspecified atom stereocenters. The molecule has 0 saturated heterocycles. The van der Waals surface area contributed by atoms with Crippen LogP contribution in [-0.2, 0) is 10.3 Å². The fourth-order valence-electron chi connectivity index (χ4n) is 3.27. The lowest BCUT2D eigenvalue weighted by molar-refractivity contribution is -0.00307. The zero-order chi connectivity index (χ0) is 19.6. The molecule has 27 heavy (non-hydrogen) atoms. The van der Waals surface area contributed by atoms with Crippen molar-refractivity contribution in [2.24, 2.45) is 0 Å². The molecular weight excluding hydrogens is 332 g/mol.